The van der Waals surface area contributed by atoms with Crippen molar-refractivity contribution >= 4 is 17.7 Å². The number of rotatable bonds is 4. The molecule has 0 saturated carbocycles. The number of hydrogen-bond donors (Lipinski definition) is 1. The van der Waals surface area contributed by atoms with Gasteiger partial charge >= 0.3 is 0 Å². The fourth-order valence-electron chi connectivity index (χ4n) is 3.05. The quantitative estimate of drug-likeness (QED) is 0.919. The van der Waals surface area contributed by atoms with Gasteiger partial charge in [-0.25, -0.2) is 0 Å². The number of amides is 1. The van der Waals surface area contributed by atoms with Crippen LogP contribution >= 0.6 is 11.8 Å². The van der Waals surface area contributed by atoms with Crippen LogP contribution in [0, 0.1) is 0 Å². The summed E-state index contributed by atoms with van der Waals surface area (Å²) in [6, 6.07) is 8.48. The number of thioether (sulfide) groups is 1. The van der Waals surface area contributed by atoms with E-state index in [0.29, 0.717) is 19.1 Å². The standard InChI is InChI=1S/C16H22N2O2S/c1-2-17-16(19)14-10-20-8-7-18(14)9-12-11-21-15-6-4-3-5-13(12)15/h3-6,12,14H,2,7-11H2,1H3,(H,17,19). The molecule has 1 aromatic rings. The van der Waals surface area contributed by atoms with E-state index in [4.69, 9.17) is 4.74 Å². The van der Waals surface area contributed by atoms with Crippen molar-refractivity contribution in [1.29, 1.82) is 0 Å². The lowest BCUT2D eigenvalue weighted by Crippen LogP contribution is -2.54. The van der Waals surface area contributed by atoms with Gasteiger partial charge in [0.2, 0.25) is 5.91 Å². The summed E-state index contributed by atoms with van der Waals surface area (Å²) < 4.78 is 5.51. The molecule has 4 nitrogen and oxygen atoms in total. The van der Waals surface area contributed by atoms with Gasteiger partial charge in [-0.1, -0.05) is 18.2 Å². The molecule has 1 N–H and O–H groups in total. The van der Waals surface area contributed by atoms with Gasteiger partial charge in [0, 0.05) is 36.2 Å². The average Bonchev–Trinajstić information content (AvgIpc) is 2.91. The van der Waals surface area contributed by atoms with Crippen LogP contribution in [0.1, 0.15) is 18.4 Å². The first-order chi connectivity index (χ1) is 10.3. The summed E-state index contributed by atoms with van der Waals surface area (Å²) in [6.45, 7) is 5.63. The number of carbonyl (C=O) groups is 1. The number of ether oxygens (including phenoxy) is 1. The van der Waals surface area contributed by atoms with E-state index in [9.17, 15) is 4.79 Å². The topological polar surface area (TPSA) is 41.6 Å². The molecule has 0 spiro atoms. The van der Waals surface area contributed by atoms with Crippen LogP contribution < -0.4 is 5.32 Å². The maximum Gasteiger partial charge on any atom is 0.239 e. The van der Waals surface area contributed by atoms with Crippen molar-refractivity contribution in [3.05, 3.63) is 29.8 Å². The zero-order valence-corrected chi connectivity index (χ0v) is 13.2. The lowest BCUT2D eigenvalue weighted by Gasteiger charge is -2.36. The number of benzene rings is 1. The molecular formula is C16H22N2O2S. The molecule has 1 fully saturated rings. The summed E-state index contributed by atoms with van der Waals surface area (Å²) in [7, 11) is 0. The molecular weight excluding hydrogens is 284 g/mol. The lowest BCUT2D eigenvalue weighted by molar-refractivity contribution is -0.132. The van der Waals surface area contributed by atoms with Gasteiger partial charge in [0.1, 0.15) is 6.04 Å². The highest BCUT2D eigenvalue weighted by Gasteiger charge is 2.33. The molecule has 0 aliphatic carbocycles. The predicted molar refractivity (Wildman–Crippen MR) is 84.8 cm³/mol. The van der Waals surface area contributed by atoms with Crippen LogP contribution in [0.5, 0.6) is 0 Å². The van der Waals surface area contributed by atoms with E-state index in [1.165, 1.54) is 10.5 Å². The van der Waals surface area contributed by atoms with Gasteiger partial charge in [0.25, 0.3) is 0 Å². The number of hydrogen-bond acceptors (Lipinski definition) is 4. The van der Waals surface area contributed by atoms with E-state index in [0.717, 1.165) is 25.4 Å². The molecule has 1 aromatic carbocycles. The highest BCUT2D eigenvalue weighted by Crippen LogP contribution is 2.39. The van der Waals surface area contributed by atoms with E-state index in [-0.39, 0.29) is 11.9 Å². The first-order valence-corrected chi connectivity index (χ1v) is 8.59. The third-order valence-corrected chi connectivity index (χ3v) is 5.40. The van der Waals surface area contributed by atoms with Crippen LogP contribution in [0.2, 0.25) is 0 Å². The van der Waals surface area contributed by atoms with Crippen molar-refractivity contribution < 1.29 is 9.53 Å². The molecule has 2 atom stereocenters. The van der Waals surface area contributed by atoms with Crippen LogP contribution in [0.3, 0.4) is 0 Å². The Balaban J connectivity index is 1.69. The zero-order valence-electron chi connectivity index (χ0n) is 12.4. The largest absolute Gasteiger partial charge is 0.378 e. The second-order valence-electron chi connectivity index (χ2n) is 5.53. The molecule has 2 aliphatic heterocycles. The molecule has 1 amide bonds. The van der Waals surface area contributed by atoms with Gasteiger partial charge in [-0.15, -0.1) is 11.8 Å². The Bertz CT molecular complexity index is 509. The summed E-state index contributed by atoms with van der Waals surface area (Å²) in [5, 5.41) is 2.92. The van der Waals surface area contributed by atoms with E-state index in [1.54, 1.807) is 0 Å². The van der Waals surface area contributed by atoms with Crippen molar-refractivity contribution in [2.24, 2.45) is 0 Å². The molecule has 21 heavy (non-hydrogen) atoms. The van der Waals surface area contributed by atoms with Crippen molar-refractivity contribution in [3.63, 3.8) is 0 Å². The summed E-state index contributed by atoms with van der Waals surface area (Å²) in [5.41, 5.74) is 1.43. The van der Waals surface area contributed by atoms with Crippen LogP contribution in [0.25, 0.3) is 0 Å². The minimum atomic E-state index is -0.142. The normalized spacial score (nSPS) is 25.6. The Kier molecular flexibility index (Phi) is 4.83. The minimum absolute atomic E-state index is 0.0936. The predicted octanol–water partition coefficient (Wildman–Crippen LogP) is 1.71. The van der Waals surface area contributed by atoms with Gasteiger partial charge < -0.3 is 10.1 Å². The summed E-state index contributed by atoms with van der Waals surface area (Å²) in [6.07, 6.45) is 0. The van der Waals surface area contributed by atoms with Crippen LogP contribution in [0.4, 0.5) is 0 Å². The molecule has 0 bridgehead atoms. The van der Waals surface area contributed by atoms with Crippen LogP contribution in [0.15, 0.2) is 29.2 Å². The highest BCUT2D eigenvalue weighted by atomic mass is 32.2. The average molecular weight is 306 g/mol. The van der Waals surface area contributed by atoms with Gasteiger partial charge in [0.15, 0.2) is 0 Å². The first kappa shape index (κ1) is 14.9. The monoisotopic (exact) mass is 306 g/mol. The number of fused-ring (bicyclic) bond motifs is 1. The molecule has 3 rings (SSSR count). The maximum absolute atomic E-state index is 12.2. The first-order valence-electron chi connectivity index (χ1n) is 7.61. The smallest absolute Gasteiger partial charge is 0.239 e. The maximum atomic E-state index is 12.2. The minimum Gasteiger partial charge on any atom is -0.378 e. The molecule has 2 heterocycles. The van der Waals surface area contributed by atoms with Crippen LogP contribution in [-0.4, -0.2) is 55.4 Å². The third-order valence-electron chi connectivity index (χ3n) is 4.15. The molecule has 0 radical (unpaired) electrons. The molecule has 2 unspecified atom stereocenters. The molecule has 5 heteroatoms. The molecule has 114 valence electrons. The summed E-state index contributed by atoms with van der Waals surface area (Å²) in [5.74, 6) is 1.72. The number of likely N-dealkylation sites (N-methyl/N-ethyl adjacent to an activating group) is 1. The second kappa shape index (κ2) is 6.81. The van der Waals surface area contributed by atoms with Crippen LogP contribution in [-0.2, 0) is 9.53 Å². The van der Waals surface area contributed by atoms with E-state index in [1.807, 2.05) is 18.7 Å². The Labute approximate surface area is 130 Å². The molecule has 1 saturated heterocycles. The van der Waals surface area contributed by atoms with Crippen molar-refractivity contribution in [1.82, 2.24) is 10.2 Å². The van der Waals surface area contributed by atoms with E-state index < -0.39 is 0 Å². The highest BCUT2D eigenvalue weighted by molar-refractivity contribution is 7.99. The number of morpholine rings is 1. The number of nitrogens with zero attached hydrogens (tertiary/aromatic N) is 1. The zero-order chi connectivity index (χ0) is 14.7. The second-order valence-corrected chi connectivity index (χ2v) is 6.59. The third kappa shape index (κ3) is 3.25. The van der Waals surface area contributed by atoms with Crippen molar-refractivity contribution in [2.45, 2.75) is 23.8 Å². The Morgan fingerprint density at radius 1 is 1.48 bits per heavy atom. The van der Waals surface area contributed by atoms with Crippen molar-refractivity contribution in [3.8, 4) is 0 Å². The SMILES string of the molecule is CCNC(=O)C1COCCN1CC1CSc2ccccc21. The Morgan fingerprint density at radius 2 is 2.33 bits per heavy atom. The fraction of sp³-hybridized carbons (Fsp3) is 0.562. The molecule has 2 aliphatic rings. The summed E-state index contributed by atoms with van der Waals surface area (Å²) >= 11 is 1.93. The summed E-state index contributed by atoms with van der Waals surface area (Å²) in [4.78, 5) is 15.9. The molecule has 0 aromatic heterocycles. The Morgan fingerprint density at radius 3 is 3.19 bits per heavy atom. The Hall–Kier alpha value is -1.04. The number of carbonyl (C=O) groups excluding carboxylic acids is 1. The van der Waals surface area contributed by atoms with Crippen molar-refractivity contribution in [2.75, 3.05) is 38.6 Å². The number of nitrogens with one attached hydrogen (secondary N) is 1. The van der Waals surface area contributed by atoms with Gasteiger partial charge in [-0.3, -0.25) is 9.69 Å². The van der Waals surface area contributed by atoms with Gasteiger partial charge in [0.05, 0.1) is 13.2 Å². The lowest BCUT2D eigenvalue weighted by atomic mass is 9.99. The van der Waals surface area contributed by atoms with Gasteiger partial charge in [-0.2, -0.15) is 0 Å². The van der Waals surface area contributed by atoms with Gasteiger partial charge in [-0.05, 0) is 18.6 Å². The fourth-order valence-corrected chi connectivity index (χ4v) is 4.30. The van der Waals surface area contributed by atoms with E-state index >= 15 is 0 Å². The van der Waals surface area contributed by atoms with E-state index in [2.05, 4.69) is 34.5 Å².